The van der Waals surface area contributed by atoms with Gasteiger partial charge in [0.05, 0.1) is 7.11 Å². The van der Waals surface area contributed by atoms with E-state index in [1.807, 2.05) is 31.2 Å². The summed E-state index contributed by atoms with van der Waals surface area (Å²) >= 11 is 0. The van der Waals surface area contributed by atoms with Crippen molar-refractivity contribution in [2.45, 2.75) is 19.8 Å². The highest BCUT2D eigenvalue weighted by Gasteiger charge is 2.09. The molecule has 22 heavy (non-hydrogen) atoms. The van der Waals surface area contributed by atoms with Crippen molar-refractivity contribution in [3.05, 3.63) is 59.2 Å². The van der Waals surface area contributed by atoms with Gasteiger partial charge in [-0.15, -0.1) is 0 Å². The molecule has 0 saturated heterocycles. The van der Waals surface area contributed by atoms with E-state index in [-0.39, 0.29) is 0 Å². The molecule has 1 aromatic carbocycles. The summed E-state index contributed by atoms with van der Waals surface area (Å²) in [6.07, 6.45) is 8.98. The lowest BCUT2D eigenvalue weighted by atomic mass is 10.1. The SMILES string of the molecule is COc1cccc(/C(O)=C(/C)CN(C)CC2=CCCC=C2)c1. The zero-order chi connectivity index (χ0) is 15.9. The van der Waals surface area contributed by atoms with Crippen molar-refractivity contribution >= 4 is 5.76 Å². The van der Waals surface area contributed by atoms with Gasteiger partial charge in [0.1, 0.15) is 11.5 Å². The number of likely N-dealkylation sites (N-methyl/N-ethyl adjacent to an activating group) is 1. The van der Waals surface area contributed by atoms with Crippen LogP contribution in [0.15, 0.2) is 53.6 Å². The minimum atomic E-state index is 0.332. The van der Waals surface area contributed by atoms with Crippen molar-refractivity contribution in [2.75, 3.05) is 27.2 Å². The summed E-state index contributed by atoms with van der Waals surface area (Å²) in [6.45, 7) is 3.60. The van der Waals surface area contributed by atoms with Gasteiger partial charge >= 0.3 is 0 Å². The fourth-order valence-corrected chi connectivity index (χ4v) is 2.65. The number of aliphatic hydroxyl groups excluding tert-OH is 1. The van der Waals surface area contributed by atoms with Crippen molar-refractivity contribution in [3.63, 3.8) is 0 Å². The van der Waals surface area contributed by atoms with E-state index in [1.165, 1.54) is 5.57 Å². The summed E-state index contributed by atoms with van der Waals surface area (Å²) < 4.78 is 5.21. The second-order valence-corrected chi connectivity index (χ2v) is 5.79. The Morgan fingerprint density at radius 3 is 2.82 bits per heavy atom. The number of rotatable bonds is 6. The molecule has 0 aliphatic heterocycles. The first kappa shape index (κ1) is 16.4. The first-order valence-electron chi connectivity index (χ1n) is 7.67. The molecule has 0 aromatic heterocycles. The number of methoxy groups -OCH3 is 1. The van der Waals surface area contributed by atoms with Gasteiger partial charge in [0, 0.05) is 18.7 Å². The highest BCUT2D eigenvalue weighted by atomic mass is 16.5. The summed E-state index contributed by atoms with van der Waals surface area (Å²) in [4.78, 5) is 2.22. The smallest absolute Gasteiger partial charge is 0.123 e. The van der Waals surface area contributed by atoms with Gasteiger partial charge < -0.3 is 9.84 Å². The number of benzene rings is 1. The summed E-state index contributed by atoms with van der Waals surface area (Å²) in [5.41, 5.74) is 3.10. The molecular weight excluding hydrogens is 274 g/mol. The fourth-order valence-electron chi connectivity index (χ4n) is 2.65. The molecule has 1 aliphatic carbocycles. The molecule has 1 N–H and O–H groups in total. The summed E-state index contributed by atoms with van der Waals surface area (Å²) in [5.74, 6) is 1.08. The highest BCUT2D eigenvalue weighted by molar-refractivity contribution is 5.63. The minimum Gasteiger partial charge on any atom is -0.507 e. The molecule has 118 valence electrons. The van der Waals surface area contributed by atoms with E-state index in [1.54, 1.807) is 7.11 Å². The van der Waals surface area contributed by atoms with E-state index < -0.39 is 0 Å². The van der Waals surface area contributed by atoms with Crippen molar-refractivity contribution in [1.82, 2.24) is 4.90 Å². The third-order valence-corrected chi connectivity index (χ3v) is 3.78. The second-order valence-electron chi connectivity index (χ2n) is 5.79. The second kappa shape index (κ2) is 7.85. The normalized spacial score (nSPS) is 15.5. The van der Waals surface area contributed by atoms with Crippen LogP contribution in [0.2, 0.25) is 0 Å². The maximum absolute atomic E-state index is 10.4. The Balaban J connectivity index is 2.03. The molecule has 0 atom stereocenters. The quantitative estimate of drug-likeness (QED) is 0.799. The van der Waals surface area contributed by atoms with Crippen LogP contribution in [0.3, 0.4) is 0 Å². The summed E-state index contributed by atoms with van der Waals surface area (Å²) in [5, 5.41) is 10.4. The van der Waals surface area contributed by atoms with Gasteiger partial charge in [0.2, 0.25) is 0 Å². The van der Waals surface area contributed by atoms with Crippen LogP contribution >= 0.6 is 0 Å². The van der Waals surface area contributed by atoms with E-state index in [0.29, 0.717) is 5.76 Å². The van der Waals surface area contributed by atoms with E-state index in [4.69, 9.17) is 4.74 Å². The predicted octanol–water partition coefficient (Wildman–Crippen LogP) is 4.19. The molecule has 0 unspecified atom stereocenters. The molecule has 3 heteroatoms. The summed E-state index contributed by atoms with van der Waals surface area (Å²) in [6, 6.07) is 7.51. The van der Waals surface area contributed by atoms with Crippen LogP contribution in [0.5, 0.6) is 5.75 Å². The molecule has 0 saturated carbocycles. The van der Waals surface area contributed by atoms with Gasteiger partial charge in [0.15, 0.2) is 0 Å². The number of hydrogen-bond acceptors (Lipinski definition) is 3. The summed E-state index contributed by atoms with van der Waals surface area (Å²) in [7, 11) is 3.71. The molecule has 3 nitrogen and oxygen atoms in total. The topological polar surface area (TPSA) is 32.7 Å². The maximum atomic E-state index is 10.4. The zero-order valence-corrected chi connectivity index (χ0v) is 13.7. The van der Waals surface area contributed by atoms with Crippen LogP contribution in [0.4, 0.5) is 0 Å². The lowest BCUT2D eigenvalue weighted by Crippen LogP contribution is -2.23. The van der Waals surface area contributed by atoms with Gasteiger partial charge in [-0.05, 0) is 50.1 Å². The monoisotopic (exact) mass is 299 g/mol. The van der Waals surface area contributed by atoms with Gasteiger partial charge in [0.25, 0.3) is 0 Å². The lowest BCUT2D eigenvalue weighted by molar-refractivity contribution is 0.389. The van der Waals surface area contributed by atoms with Crippen molar-refractivity contribution < 1.29 is 9.84 Å². The Hall–Kier alpha value is -2.00. The number of hydrogen-bond donors (Lipinski definition) is 1. The molecule has 0 bridgehead atoms. The van der Waals surface area contributed by atoms with Gasteiger partial charge in [-0.1, -0.05) is 30.4 Å². The number of ether oxygens (including phenoxy) is 1. The Morgan fingerprint density at radius 1 is 1.32 bits per heavy atom. The Kier molecular flexibility index (Phi) is 5.84. The molecule has 0 spiro atoms. The number of aliphatic hydroxyl groups is 1. The highest BCUT2D eigenvalue weighted by Crippen LogP contribution is 2.21. The number of nitrogens with zero attached hydrogens (tertiary/aromatic N) is 1. The first-order valence-corrected chi connectivity index (χ1v) is 7.67. The third kappa shape index (κ3) is 4.50. The van der Waals surface area contributed by atoms with Crippen LogP contribution in [-0.4, -0.2) is 37.3 Å². The van der Waals surface area contributed by atoms with Crippen LogP contribution < -0.4 is 4.74 Å². The van der Waals surface area contributed by atoms with Gasteiger partial charge in [-0.25, -0.2) is 0 Å². The standard InChI is InChI=1S/C19H25NO2/c1-15(13-20(2)14-16-8-5-4-6-9-16)19(21)17-10-7-11-18(12-17)22-3/h5,7-12,21H,4,6,13-14H2,1-3H3/b19-15+. The van der Waals surface area contributed by atoms with E-state index in [2.05, 4.69) is 30.2 Å². The van der Waals surface area contributed by atoms with Crippen molar-refractivity contribution in [2.24, 2.45) is 0 Å². The average Bonchev–Trinajstić information content (AvgIpc) is 2.55. The average molecular weight is 299 g/mol. The molecule has 0 amide bonds. The molecule has 0 fully saturated rings. The van der Waals surface area contributed by atoms with Gasteiger partial charge in [-0.2, -0.15) is 0 Å². The van der Waals surface area contributed by atoms with Gasteiger partial charge in [-0.3, -0.25) is 4.90 Å². The Morgan fingerprint density at radius 2 is 2.14 bits per heavy atom. The molecule has 1 aliphatic rings. The predicted molar refractivity (Wildman–Crippen MR) is 92.2 cm³/mol. The van der Waals surface area contributed by atoms with E-state index in [9.17, 15) is 5.11 Å². The van der Waals surface area contributed by atoms with E-state index >= 15 is 0 Å². The van der Waals surface area contributed by atoms with Crippen LogP contribution in [0, 0.1) is 0 Å². The van der Waals surface area contributed by atoms with E-state index in [0.717, 1.165) is 42.8 Å². The Labute approximate surface area is 133 Å². The zero-order valence-electron chi connectivity index (χ0n) is 13.7. The molecular formula is C19H25NO2. The third-order valence-electron chi connectivity index (χ3n) is 3.78. The van der Waals surface area contributed by atoms with Crippen LogP contribution in [0.1, 0.15) is 25.3 Å². The number of allylic oxidation sites excluding steroid dienone is 2. The molecule has 1 aromatic rings. The Bertz CT molecular complexity index is 599. The lowest BCUT2D eigenvalue weighted by Gasteiger charge is -2.19. The minimum absolute atomic E-state index is 0.332. The molecule has 0 heterocycles. The first-order chi connectivity index (χ1) is 10.6. The van der Waals surface area contributed by atoms with Crippen LogP contribution in [-0.2, 0) is 0 Å². The maximum Gasteiger partial charge on any atom is 0.123 e. The van der Waals surface area contributed by atoms with Crippen LogP contribution in [0.25, 0.3) is 5.76 Å². The van der Waals surface area contributed by atoms with Crippen molar-refractivity contribution in [1.29, 1.82) is 0 Å². The largest absolute Gasteiger partial charge is 0.507 e. The fraction of sp³-hybridized carbons (Fsp3) is 0.368. The molecule has 0 radical (unpaired) electrons. The van der Waals surface area contributed by atoms with Crippen molar-refractivity contribution in [3.8, 4) is 5.75 Å². The molecule has 2 rings (SSSR count).